The minimum Gasteiger partial charge on any atom is -0.472 e. The fourth-order valence-electron chi connectivity index (χ4n) is 2.44. The Kier molecular flexibility index (Phi) is 1.84. The fraction of sp³-hybridized carbons (Fsp3) is 0.545. The van der Waals surface area contributed by atoms with Crippen molar-refractivity contribution in [1.82, 2.24) is 4.98 Å². The molecule has 0 aromatic carbocycles. The zero-order valence-electron chi connectivity index (χ0n) is 8.32. The molecule has 3 rings (SSSR count). The summed E-state index contributed by atoms with van der Waals surface area (Å²) in [7, 11) is 0. The van der Waals surface area contributed by atoms with Gasteiger partial charge in [0.05, 0.1) is 11.9 Å². The van der Waals surface area contributed by atoms with Crippen molar-refractivity contribution < 1.29 is 9.13 Å². The Hall–Kier alpha value is -1.32. The molecule has 0 radical (unpaired) electrons. The molecule has 2 aliphatic carbocycles. The first-order chi connectivity index (χ1) is 7.22. The lowest BCUT2D eigenvalue weighted by Gasteiger charge is -2.14. The average Bonchev–Trinajstić information content (AvgIpc) is 2.79. The minimum atomic E-state index is -0.462. The molecule has 0 saturated heterocycles. The molecule has 15 heavy (non-hydrogen) atoms. The first-order valence-electron chi connectivity index (χ1n) is 5.30. The molecule has 2 saturated carbocycles. The molecule has 0 spiro atoms. The van der Waals surface area contributed by atoms with E-state index < -0.39 is 5.82 Å². The molecule has 80 valence electrons. The normalized spacial score (nSPS) is 32.5. The summed E-state index contributed by atoms with van der Waals surface area (Å²) in [5.41, 5.74) is 5.73. The summed E-state index contributed by atoms with van der Waals surface area (Å²) in [6, 6.07) is 1.25. The molecule has 1 aromatic heterocycles. The van der Waals surface area contributed by atoms with Crippen LogP contribution < -0.4 is 10.5 Å². The minimum absolute atomic E-state index is 0.0931. The van der Waals surface area contributed by atoms with E-state index in [0.29, 0.717) is 5.69 Å². The smallest absolute Gasteiger partial charge is 0.250 e. The molecule has 0 aliphatic heterocycles. The number of hydrogen-bond acceptors (Lipinski definition) is 3. The lowest BCUT2D eigenvalue weighted by atomic mass is 10.2. The van der Waals surface area contributed by atoms with Gasteiger partial charge in [0.25, 0.3) is 5.88 Å². The first-order valence-corrected chi connectivity index (χ1v) is 5.30. The van der Waals surface area contributed by atoms with Crippen molar-refractivity contribution in [1.29, 1.82) is 0 Å². The Morgan fingerprint density at radius 2 is 2.07 bits per heavy atom. The Bertz CT molecular complexity index is 386. The number of pyridine rings is 1. The second-order valence-corrected chi connectivity index (χ2v) is 4.52. The predicted octanol–water partition coefficient (Wildman–Crippen LogP) is 1.98. The van der Waals surface area contributed by atoms with Gasteiger partial charge in [-0.25, -0.2) is 9.37 Å². The third-order valence-electron chi connectivity index (χ3n) is 3.31. The Morgan fingerprint density at radius 1 is 1.33 bits per heavy atom. The molecule has 2 fully saturated rings. The number of hydrogen-bond donors (Lipinski definition) is 1. The van der Waals surface area contributed by atoms with Crippen molar-refractivity contribution in [2.45, 2.75) is 25.4 Å². The van der Waals surface area contributed by atoms with Crippen LogP contribution in [0, 0.1) is 17.7 Å². The zero-order valence-corrected chi connectivity index (χ0v) is 8.32. The molecule has 2 unspecified atom stereocenters. The van der Waals surface area contributed by atoms with Crippen LogP contribution in [0.1, 0.15) is 19.3 Å². The van der Waals surface area contributed by atoms with Crippen LogP contribution >= 0.6 is 0 Å². The molecule has 2 aliphatic rings. The molecule has 3 nitrogen and oxygen atoms in total. The monoisotopic (exact) mass is 208 g/mol. The van der Waals surface area contributed by atoms with Crippen LogP contribution in [-0.2, 0) is 0 Å². The summed E-state index contributed by atoms with van der Waals surface area (Å²) in [5, 5.41) is 0. The summed E-state index contributed by atoms with van der Waals surface area (Å²) in [6.45, 7) is 0. The van der Waals surface area contributed by atoms with Crippen molar-refractivity contribution in [3.63, 3.8) is 0 Å². The van der Waals surface area contributed by atoms with Crippen LogP contribution in [0.3, 0.4) is 0 Å². The van der Waals surface area contributed by atoms with E-state index in [4.69, 9.17) is 10.5 Å². The molecular formula is C11H13FN2O. The lowest BCUT2D eigenvalue weighted by Crippen LogP contribution is -2.15. The summed E-state index contributed by atoms with van der Waals surface area (Å²) in [6.07, 6.45) is 5.01. The van der Waals surface area contributed by atoms with Gasteiger partial charge in [-0.3, -0.25) is 0 Å². The highest BCUT2D eigenvalue weighted by molar-refractivity contribution is 5.37. The highest BCUT2D eigenvalue weighted by Gasteiger charge is 2.47. The number of rotatable bonds is 2. The third kappa shape index (κ3) is 1.64. The number of fused-ring (bicyclic) bond motifs is 1. The molecule has 2 N–H and O–H groups in total. The number of ether oxygens (including phenoxy) is 1. The first kappa shape index (κ1) is 8.95. The van der Waals surface area contributed by atoms with E-state index in [1.165, 1.54) is 18.7 Å². The second kappa shape index (κ2) is 3.08. The van der Waals surface area contributed by atoms with Crippen molar-refractivity contribution in [2.75, 3.05) is 5.73 Å². The van der Waals surface area contributed by atoms with Gasteiger partial charge >= 0.3 is 0 Å². The molecular weight excluding hydrogens is 195 g/mol. The van der Waals surface area contributed by atoms with Gasteiger partial charge in [0.2, 0.25) is 0 Å². The topological polar surface area (TPSA) is 48.1 Å². The number of nitrogens with zero attached hydrogens (tertiary/aromatic N) is 1. The number of aromatic nitrogens is 1. The summed E-state index contributed by atoms with van der Waals surface area (Å²) in [5.74, 6) is 1.28. The van der Waals surface area contributed by atoms with Gasteiger partial charge < -0.3 is 10.5 Å². The van der Waals surface area contributed by atoms with Crippen LogP contribution in [-0.4, -0.2) is 11.1 Å². The van der Waals surface area contributed by atoms with Crippen LogP contribution in [0.15, 0.2) is 12.3 Å². The standard InChI is InChI=1S/C11H13FN2O/c12-10-4-8(13)5-14-11(10)15-9-2-6-1-7(6)3-9/h4-7,9H,1-3,13H2. The highest BCUT2D eigenvalue weighted by Crippen LogP contribution is 2.52. The molecule has 0 amide bonds. The molecule has 4 heteroatoms. The van der Waals surface area contributed by atoms with E-state index in [9.17, 15) is 4.39 Å². The van der Waals surface area contributed by atoms with Crippen LogP contribution in [0.4, 0.5) is 10.1 Å². The lowest BCUT2D eigenvalue weighted by molar-refractivity contribution is 0.178. The maximum Gasteiger partial charge on any atom is 0.250 e. The maximum atomic E-state index is 13.3. The van der Waals surface area contributed by atoms with E-state index in [1.54, 1.807) is 0 Å². The van der Waals surface area contributed by atoms with Gasteiger partial charge in [-0.2, -0.15) is 0 Å². The van der Waals surface area contributed by atoms with E-state index in [-0.39, 0.29) is 12.0 Å². The molecule has 1 aromatic rings. The number of anilines is 1. The van der Waals surface area contributed by atoms with E-state index >= 15 is 0 Å². The van der Waals surface area contributed by atoms with E-state index in [0.717, 1.165) is 24.7 Å². The van der Waals surface area contributed by atoms with Crippen LogP contribution in [0.2, 0.25) is 0 Å². The summed E-state index contributed by atoms with van der Waals surface area (Å²) >= 11 is 0. The van der Waals surface area contributed by atoms with Crippen LogP contribution in [0.5, 0.6) is 5.88 Å². The number of nitrogen functional groups attached to an aromatic ring is 1. The zero-order chi connectivity index (χ0) is 10.4. The van der Waals surface area contributed by atoms with Gasteiger partial charge in [0, 0.05) is 6.07 Å². The quantitative estimate of drug-likeness (QED) is 0.808. The third-order valence-corrected chi connectivity index (χ3v) is 3.31. The van der Waals surface area contributed by atoms with Crippen LogP contribution in [0.25, 0.3) is 0 Å². The SMILES string of the molecule is Nc1cnc(OC2CC3CC3C2)c(F)c1. The van der Waals surface area contributed by atoms with Gasteiger partial charge in [0.15, 0.2) is 5.82 Å². The summed E-state index contributed by atoms with van der Waals surface area (Å²) in [4.78, 5) is 3.86. The highest BCUT2D eigenvalue weighted by atomic mass is 19.1. The average molecular weight is 208 g/mol. The summed E-state index contributed by atoms with van der Waals surface area (Å²) < 4.78 is 18.9. The Morgan fingerprint density at radius 3 is 2.73 bits per heavy atom. The predicted molar refractivity (Wildman–Crippen MR) is 53.9 cm³/mol. The van der Waals surface area contributed by atoms with Gasteiger partial charge in [-0.1, -0.05) is 0 Å². The van der Waals surface area contributed by atoms with E-state index in [2.05, 4.69) is 4.98 Å². The van der Waals surface area contributed by atoms with Crippen molar-refractivity contribution >= 4 is 5.69 Å². The largest absolute Gasteiger partial charge is 0.472 e. The number of halogens is 1. The van der Waals surface area contributed by atoms with Crippen molar-refractivity contribution in [2.24, 2.45) is 11.8 Å². The molecule has 1 heterocycles. The van der Waals surface area contributed by atoms with Gasteiger partial charge in [-0.15, -0.1) is 0 Å². The fourth-order valence-corrected chi connectivity index (χ4v) is 2.44. The Balaban J connectivity index is 1.71. The Labute approximate surface area is 87.4 Å². The molecule has 0 bridgehead atoms. The number of nitrogens with two attached hydrogens (primary N) is 1. The molecule has 2 atom stereocenters. The van der Waals surface area contributed by atoms with Crippen molar-refractivity contribution in [3.8, 4) is 5.88 Å². The van der Waals surface area contributed by atoms with E-state index in [1.807, 2.05) is 0 Å². The van der Waals surface area contributed by atoms with Gasteiger partial charge in [0.1, 0.15) is 6.10 Å². The maximum absolute atomic E-state index is 13.3. The second-order valence-electron chi connectivity index (χ2n) is 4.52. The van der Waals surface area contributed by atoms with Gasteiger partial charge in [-0.05, 0) is 31.1 Å². The van der Waals surface area contributed by atoms with Crippen molar-refractivity contribution in [3.05, 3.63) is 18.1 Å².